The molecule has 1 amide bonds. The SMILES string of the molecule is O=CNc1nc(C(C(=O)O)C(=O)O)cs1. The Balaban J connectivity index is 2.96. The number of carboxylic acids is 2. The molecule has 0 atom stereocenters. The summed E-state index contributed by atoms with van der Waals surface area (Å²) in [5, 5.41) is 20.9. The van der Waals surface area contributed by atoms with Crippen LogP contribution < -0.4 is 5.32 Å². The fraction of sp³-hybridized carbons (Fsp3) is 0.143. The second-order valence-electron chi connectivity index (χ2n) is 2.45. The molecule has 7 nitrogen and oxygen atoms in total. The van der Waals surface area contributed by atoms with Crippen molar-refractivity contribution in [3.63, 3.8) is 0 Å². The lowest BCUT2D eigenvalue weighted by molar-refractivity contribution is -0.150. The Morgan fingerprint density at radius 1 is 1.47 bits per heavy atom. The average molecular weight is 230 g/mol. The van der Waals surface area contributed by atoms with Gasteiger partial charge in [0, 0.05) is 5.38 Å². The van der Waals surface area contributed by atoms with Crippen molar-refractivity contribution in [1.29, 1.82) is 0 Å². The normalized spacial score (nSPS) is 9.93. The van der Waals surface area contributed by atoms with Gasteiger partial charge in [-0.15, -0.1) is 11.3 Å². The van der Waals surface area contributed by atoms with Crippen molar-refractivity contribution in [1.82, 2.24) is 4.98 Å². The number of nitrogens with one attached hydrogen (secondary N) is 1. The number of carbonyl (C=O) groups excluding carboxylic acids is 1. The highest BCUT2D eigenvalue weighted by atomic mass is 32.1. The molecule has 0 saturated heterocycles. The van der Waals surface area contributed by atoms with Crippen LogP contribution in [0, 0.1) is 0 Å². The summed E-state index contributed by atoms with van der Waals surface area (Å²) in [5.74, 6) is -4.70. The summed E-state index contributed by atoms with van der Waals surface area (Å²) in [6.07, 6.45) is 0.374. The molecule has 0 radical (unpaired) electrons. The van der Waals surface area contributed by atoms with Gasteiger partial charge in [-0.25, -0.2) is 4.98 Å². The highest BCUT2D eigenvalue weighted by Crippen LogP contribution is 2.22. The molecular weight excluding hydrogens is 224 g/mol. The Kier molecular flexibility index (Phi) is 3.34. The van der Waals surface area contributed by atoms with Gasteiger partial charge in [-0.2, -0.15) is 0 Å². The summed E-state index contributed by atoms with van der Waals surface area (Å²) >= 11 is 0.957. The standard InChI is InChI=1S/C7H6N2O5S/c10-2-8-7-9-3(1-15-7)4(5(11)12)6(13)14/h1-2,4H,(H,11,12)(H,13,14)(H,8,9,10). The predicted octanol–water partition coefficient (Wildman–Crippen LogP) is -0.0358. The monoisotopic (exact) mass is 230 g/mol. The van der Waals surface area contributed by atoms with E-state index in [0.717, 1.165) is 11.3 Å². The average Bonchev–Trinajstić information content (AvgIpc) is 2.52. The molecule has 15 heavy (non-hydrogen) atoms. The molecule has 0 aliphatic heterocycles. The quantitative estimate of drug-likeness (QED) is 0.483. The zero-order valence-electron chi connectivity index (χ0n) is 7.21. The molecule has 0 aliphatic carbocycles. The topological polar surface area (TPSA) is 117 Å². The molecular formula is C7H6N2O5S. The van der Waals surface area contributed by atoms with Gasteiger partial charge in [0.25, 0.3) is 0 Å². The number of hydrogen-bond acceptors (Lipinski definition) is 5. The molecule has 1 heterocycles. The molecule has 1 aromatic rings. The van der Waals surface area contributed by atoms with Crippen molar-refractivity contribution >= 4 is 34.8 Å². The Bertz CT molecular complexity index is 388. The zero-order valence-corrected chi connectivity index (χ0v) is 8.02. The minimum atomic E-state index is -1.71. The number of rotatable bonds is 5. The van der Waals surface area contributed by atoms with Crippen molar-refractivity contribution < 1.29 is 24.6 Å². The van der Waals surface area contributed by atoms with E-state index in [2.05, 4.69) is 10.3 Å². The van der Waals surface area contributed by atoms with Crippen LogP contribution in [0.2, 0.25) is 0 Å². The van der Waals surface area contributed by atoms with Crippen molar-refractivity contribution in [3.05, 3.63) is 11.1 Å². The summed E-state index contributed by atoms with van der Waals surface area (Å²) in [6.45, 7) is 0. The minimum Gasteiger partial charge on any atom is -0.480 e. The van der Waals surface area contributed by atoms with Crippen LogP contribution in [0.5, 0.6) is 0 Å². The molecule has 1 rings (SSSR count). The summed E-state index contributed by atoms with van der Waals surface area (Å²) in [5.41, 5.74) is -0.107. The third-order valence-corrected chi connectivity index (χ3v) is 2.29. The van der Waals surface area contributed by atoms with Crippen molar-refractivity contribution in [2.45, 2.75) is 5.92 Å². The number of anilines is 1. The van der Waals surface area contributed by atoms with Crippen LogP contribution in [0.3, 0.4) is 0 Å². The Morgan fingerprint density at radius 2 is 2.07 bits per heavy atom. The Hall–Kier alpha value is -1.96. The van der Waals surface area contributed by atoms with Crippen molar-refractivity contribution in [2.24, 2.45) is 0 Å². The molecule has 0 spiro atoms. The van der Waals surface area contributed by atoms with Crippen LogP contribution in [-0.2, 0) is 14.4 Å². The molecule has 0 unspecified atom stereocenters. The van der Waals surface area contributed by atoms with Crippen LogP contribution in [0.15, 0.2) is 5.38 Å². The van der Waals surface area contributed by atoms with E-state index in [1.54, 1.807) is 0 Å². The molecule has 0 aliphatic rings. The maximum atomic E-state index is 10.6. The number of nitrogens with zero attached hydrogens (tertiary/aromatic N) is 1. The molecule has 0 bridgehead atoms. The Labute approximate surface area is 87.4 Å². The zero-order chi connectivity index (χ0) is 11.4. The molecule has 0 fully saturated rings. The van der Waals surface area contributed by atoms with Gasteiger partial charge >= 0.3 is 11.9 Å². The number of carboxylic acid groups (broad SMARTS) is 2. The van der Waals surface area contributed by atoms with E-state index < -0.39 is 17.9 Å². The lowest BCUT2D eigenvalue weighted by Crippen LogP contribution is -2.21. The van der Waals surface area contributed by atoms with E-state index >= 15 is 0 Å². The van der Waals surface area contributed by atoms with Crippen LogP contribution >= 0.6 is 11.3 Å². The maximum Gasteiger partial charge on any atom is 0.324 e. The second kappa shape index (κ2) is 4.51. The van der Waals surface area contributed by atoms with Gasteiger partial charge in [0.05, 0.1) is 5.69 Å². The summed E-state index contributed by atoms with van der Waals surface area (Å²) in [7, 11) is 0. The number of amides is 1. The smallest absolute Gasteiger partial charge is 0.324 e. The highest BCUT2D eigenvalue weighted by Gasteiger charge is 2.30. The first-order valence-electron chi connectivity index (χ1n) is 3.67. The van der Waals surface area contributed by atoms with E-state index in [1.807, 2.05) is 0 Å². The lowest BCUT2D eigenvalue weighted by atomic mass is 10.1. The van der Waals surface area contributed by atoms with Crippen LogP contribution in [0.25, 0.3) is 0 Å². The second-order valence-corrected chi connectivity index (χ2v) is 3.31. The highest BCUT2D eigenvalue weighted by molar-refractivity contribution is 7.13. The van der Waals surface area contributed by atoms with Gasteiger partial charge in [0.2, 0.25) is 6.41 Å². The van der Waals surface area contributed by atoms with Crippen LogP contribution in [-0.4, -0.2) is 33.5 Å². The lowest BCUT2D eigenvalue weighted by Gasteiger charge is -2.02. The van der Waals surface area contributed by atoms with E-state index in [9.17, 15) is 14.4 Å². The van der Waals surface area contributed by atoms with Gasteiger partial charge < -0.3 is 15.5 Å². The number of hydrogen-bond donors (Lipinski definition) is 3. The van der Waals surface area contributed by atoms with Crippen molar-refractivity contribution in [2.75, 3.05) is 5.32 Å². The molecule has 8 heteroatoms. The molecule has 0 aromatic carbocycles. The third-order valence-electron chi connectivity index (χ3n) is 1.49. The molecule has 0 saturated carbocycles. The number of aromatic nitrogens is 1. The fourth-order valence-corrected chi connectivity index (χ4v) is 1.59. The summed E-state index contributed by atoms with van der Waals surface area (Å²) in [4.78, 5) is 34.9. The van der Waals surface area contributed by atoms with E-state index in [-0.39, 0.29) is 10.8 Å². The first-order chi connectivity index (χ1) is 7.06. The summed E-state index contributed by atoms with van der Waals surface area (Å²) in [6, 6.07) is 0. The summed E-state index contributed by atoms with van der Waals surface area (Å²) < 4.78 is 0. The van der Waals surface area contributed by atoms with E-state index in [1.165, 1.54) is 5.38 Å². The minimum absolute atomic E-state index is 0.107. The Morgan fingerprint density at radius 3 is 2.53 bits per heavy atom. The molecule has 1 aromatic heterocycles. The van der Waals surface area contributed by atoms with Crippen LogP contribution in [0.1, 0.15) is 11.6 Å². The van der Waals surface area contributed by atoms with E-state index in [0.29, 0.717) is 6.41 Å². The third kappa shape index (κ3) is 2.50. The van der Waals surface area contributed by atoms with E-state index in [4.69, 9.17) is 10.2 Å². The van der Waals surface area contributed by atoms with Gasteiger partial charge in [-0.3, -0.25) is 14.4 Å². The number of aliphatic carboxylic acids is 2. The van der Waals surface area contributed by atoms with Gasteiger partial charge in [-0.1, -0.05) is 0 Å². The van der Waals surface area contributed by atoms with Gasteiger partial charge in [0.15, 0.2) is 11.0 Å². The first kappa shape index (κ1) is 11.1. The number of carbonyl (C=O) groups is 3. The van der Waals surface area contributed by atoms with Crippen molar-refractivity contribution in [3.8, 4) is 0 Å². The first-order valence-corrected chi connectivity index (χ1v) is 4.55. The van der Waals surface area contributed by atoms with Crippen LogP contribution in [0.4, 0.5) is 5.13 Å². The predicted molar refractivity (Wildman–Crippen MR) is 49.8 cm³/mol. The largest absolute Gasteiger partial charge is 0.480 e. The maximum absolute atomic E-state index is 10.6. The number of thiazole rings is 1. The fourth-order valence-electron chi connectivity index (χ4n) is 0.894. The molecule has 80 valence electrons. The van der Waals surface area contributed by atoms with Gasteiger partial charge in [-0.05, 0) is 0 Å². The molecule has 3 N–H and O–H groups in total. The van der Waals surface area contributed by atoms with Gasteiger partial charge in [0.1, 0.15) is 0 Å².